The molecule has 0 radical (unpaired) electrons. The van der Waals surface area contributed by atoms with E-state index in [4.69, 9.17) is 0 Å². The van der Waals surface area contributed by atoms with Gasteiger partial charge in [-0.2, -0.15) is 4.98 Å². The van der Waals surface area contributed by atoms with Gasteiger partial charge in [0.25, 0.3) is 11.8 Å². The van der Waals surface area contributed by atoms with Crippen molar-refractivity contribution in [3.8, 4) is 0 Å². The van der Waals surface area contributed by atoms with Gasteiger partial charge in [-0.15, -0.1) is 0 Å². The zero-order valence-electron chi connectivity index (χ0n) is 11.5. The van der Waals surface area contributed by atoms with Crippen molar-refractivity contribution in [3.63, 3.8) is 0 Å². The molecule has 0 spiro atoms. The van der Waals surface area contributed by atoms with Gasteiger partial charge in [0.15, 0.2) is 0 Å². The topological polar surface area (TPSA) is 87.2 Å². The molecule has 1 aromatic carbocycles. The first-order chi connectivity index (χ1) is 10.1. The van der Waals surface area contributed by atoms with Gasteiger partial charge in [-0.05, 0) is 24.3 Å². The molecule has 1 aliphatic rings. The second-order valence-corrected chi connectivity index (χ2v) is 4.57. The molecular formula is C14H13N5O2. The molecule has 7 nitrogen and oxygen atoms in total. The highest BCUT2D eigenvalue weighted by Crippen LogP contribution is 2.26. The molecule has 2 amide bonds. The first-order valence-electron chi connectivity index (χ1n) is 6.34. The molecule has 0 fully saturated rings. The fourth-order valence-corrected chi connectivity index (χ4v) is 2.14. The summed E-state index contributed by atoms with van der Waals surface area (Å²) in [6.07, 6.45) is 1.62. The van der Waals surface area contributed by atoms with Gasteiger partial charge in [-0.3, -0.25) is 14.5 Å². The Balaban J connectivity index is 1.92. The van der Waals surface area contributed by atoms with Crippen LogP contribution in [0.2, 0.25) is 0 Å². The standard InChI is InChI=1S/C14H13N5O2/c1-15-14-16-6-5-11(18-14)17-8-3-4-9-10(7-8)13(21)19(2)12(9)20/h3-7H,1-2H3,(H2,15,16,17,18). The summed E-state index contributed by atoms with van der Waals surface area (Å²) in [7, 11) is 3.20. The third-order valence-electron chi connectivity index (χ3n) is 3.24. The van der Waals surface area contributed by atoms with Gasteiger partial charge in [-0.1, -0.05) is 0 Å². The molecule has 0 bridgehead atoms. The Bertz CT molecular complexity index is 744. The Labute approximate surface area is 121 Å². The summed E-state index contributed by atoms with van der Waals surface area (Å²) in [5.74, 6) is 0.518. The van der Waals surface area contributed by atoms with Crippen molar-refractivity contribution in [1.82, 2.24) is 14.9 Å². The van der Waals surface area contributed by atoms with Gasteiger partial charge < -0.3 is 10.6 Å². The van der Waals surface area contributed by atoms with Crippen molar-refractivity contribution in [3.05, 3.63) is 41.6 Å². The van der Waals surface area contributed by atoms with Gasteiger partial charge in [0.2, 0.25) is 5.95 Å². The number of amides is 2. The number of nitrogens with one attached hydrogen (secondary N) is 2. The monoisotopic (exact) mass is 283 g/mol. The fourth-order valence-electron chi connectivity index (χ4n) is 2.14. The quantitative estimate of drug-likeness (QED) is 0.830. The summed E-state index contributed by atoms with van der Waals surface area (Å²) >= 11 is 0. The Hall–Kier alpha value is -2.96. The van der Waals surface area contributed by atoms with E-state index in [9.17, 15) is 9.59 Å². The zero-order valence-corrected chi connectivity index (χ0v) is 11.5. The van der Waals surface area contributed by atoms with Gasteiger partial charge in [-0.25, -0.2) is 4.98 Å². The minimum atomic E-state index is -0.294. The normalized spacial score (nSPS) is 13.3. The van der Waals surface area contributed by atoms with Crippen LogP contribution in [0, 0.1) is 0 Å². The molecule has 106 valence electrons. The smallest absolute Gasteiger partial charge is 0.261 e. The van der Waals surface area contributed by atoms with E-state index in [0.717, 1.165) is 4.90 Å². The molecule has 0 aliphatic carbocycles. The minimum absolute atomic E-state index is 0.277. The van der Waals surface area contributed by atoms with Crippen LogP contribution in [0.25, 0.3) is 0 Å². The fraction of sp³-hybridized carbons (Fsp3) is 0.143. The summed E-state index contributed by atoms with van der Waals surface area (Å²) in [5.41, 5.74) is 1.51. The Morgan fingerprint density at radius 3 is 2.62 bits per heavy atom. The summed E-state index contributed by atoms with van der Waals surface area (Å²) in [6, 6.07) is 6.75. The highest BCUT2D eigenvalue weighted by atomic mass is 16.2. The highest BCUT2D eigenvalue weighted by molar-refractivity contribution is 6.21. The molecule has 0 atom stereocenters. The third kappa shape index (κ3) is 2.18. The largest absolute Gasteiger partial charge is 0.357 e. The third-order valence-corrected chi connectivity index (χ3v) is 3.24. The van der Waals surface area contributed by atoms with Crippen LogP contribution in [0.5, 0.6) is 0 Å². The van der Waals surface area contributed by atoms with E-state index in [-0.39, 0.29) is 11.8 Å². The number of carbonyl (C=O) groups is 2. The first-order valence-corrected chi connectivity index (χ1v) is 6.34. The van der Waals surface area contributed by atoms with E-state index in [0.29, 0.717) is 28.6 Å². The number of carbonyl (C=O) groups excluding carboxylic acids is 2. The molecule has 0 saturated carbocycles. The molecule has 7 heteroatoms. The Morgan fingerprint density at radius 2 is 1.86 bits per heavy atom. The van der Waals surface area contributed by atoms with Crippen molar-refractivity contribution in [2.24, 2.45) is 0 Å². The molecule has 0 unspecified atom stereocenters. The van der Waals surface area contributed by atoms with Crippen LogP contribution < -0.4 is 10.6 Å². The van der Waals surface area contributed by atoms with Gasteiger partial charge >= 0.3 is 0 Å². The van der Waals surface area contributed by atoms with Crippen molar-refractivity contribution >= 4 is 29.3 Å². The molecule has 21 heavy (non-hydrogen) atoms. The lowest BCUT2D eigenvalue weighted by Crippen LogP contribution is -2.24. The van der Waals surface area contributed by atoms with Gasteiger partial charge in [0, 0.05) is 26.0 Å². The van der Waals surface area contributed by atoms with Crippen LogP contribution in [-0.2, 0) is 0 Å². The Morgan fingerprint density at radius 1 is 1.10 bits per heavy atom. The number of benzene rings is 1. The van der Waals surface area contributed by atoms with Gasteiger partial charge in [0.1, 0.15) is 5.82 Å². The van der Waals surface area contributed by atoms with Crippen LogP contribution in [0.1, 0.15) is 20.7 Å². The molecule has 2 aromatic rings. The lowest BCUT2D eigenvalue weighted by Gasteiger charge is -2.07. The van der Waals surface area contributed by atoms with E-state index in [2.05, 4.69) is 20.6 Å². The van der Waals surface area contributed by atoms with Crippen LogP contribution in [0.3, 0.4) is 0 Å². The van der Waals surface area contributed by atoms with E-state index < -0.39 is 0 Å². The maximum atomic E-state index is 12.0. The second kappa shape index (κ2) is 4.86. The summed E-state index contributed by atoms with van der Waals surface area (Å²) in [5, 5.41) is 5.93. The van der Waals surface area contributed by atoms with Gasteiger partial charge in [0.05, 0.1) is 11.1 Å². The number of anilines is 3. The minimum Gasteiger partial charge on any atom is -0.357 e. The SMILES string of the molecule is CNc1nccc(Nc2ccc3c(c2)C(=O)N(C)C3=O)n1. The number of imide groups is 1. The second-order valence-electron chi connectivity index (χ2n) is 4.57. The molecular weight excluding hydrogens is 270 g/mol. The maximum absolute atomic E-state index is 12.0. The van der Waals surface area contributed by atoms with E-state index in [1.165, 1.54) is 7.05 Å². The average Bonchev–Trinajstić information content (AvgIpc) is 2.72. The lowest BCUT2D eigenvalue weighted by molar-refractivity contribution is 0.0693. The zero-order chi connectivity index (χ0) is 15.0. The summed E-state index contributed by atoms with van der Waals surface area (Å²) < 4.78 is 0. The number of hydrogen-bond acceptors (Lipinski definition) is 6. The predicted octanol–water partition coefficient (Wildman–Crippen LogP) is 1.49. The van der Waals surface area contributed by atoms with E-state index >= 15 is 0 Å². The number of fused-ring (bicyclic) bond motifs is 1. The number of rotatable bonds is 3. The van der Waals surface area contributed by atoms with Crippen LogP contribution >= 0.6 is 0 Å². The van der Waals surface area contributed by atoms with Crippen molar-refractivity contribution in [1.29, 1.82) is 0 Å². The number of nitrogens with zero attached hydrogens (tertiary/aromatic N) is 3. The van der Waals surface area contributed by atoms with E-state index in [1.807, 2.05) is 0 Å². The lowest BCUT2D eigenvalue weighted by atomic mass is 10.1. The first kappa shape index (κ1) is 13.0. The van der Waals surface area contributed by atoms with E-state index in [1.54, 1.807) is 37.5 Å². The number of aromatic nitrogens is 2. The van der Waals surface area contributed by atoms with Crippen molar-refractivity contribution in [2.45, 2.75) is 0 Å². The number of hydrogen-bond donors (Lipinski definition) is 2. The molecule has 3 rings (SSSR count). The van der Waals surface area contributed by atoms with Crippen LogP contribution in [-0.4, -0.2) is 40.8 Å². The average molecular weight is 283 g/mol. The maximum Gasteiger partial charge on any atom is 0.261 e. The van der Waals surface area contributed by atoms with Crippen LogP contribution in [0.15, 0.2) is 30.5 Å². The molecule has 0 saturated heterocycles. The molecule has 1 aliphatic heterocycles. The highest BCUT2D eigenvalue weighted by Gasteiger charge is 2.32. The Kier molecular flexibility index (Phi) is 3.02. The predicted molar refractivity (Wildman–Crippen MR) is 77.7 cm³/mol. The molecule has 1 aromatic heterocycles. The van der Waals surface area contributed by atoms with Crippen LogP contribution in [0.4, 0.5) is 17.5 Å². The summed E-state index contributed by atoms with van der Waals surface area (Å²) in [6.45, 7) is 0. The van der Waals surface area contributed by atoms with Crippen molar-refractivity contribution in [2.75, 3.05) is 24.7 Å². The summed E-state index contributed by atoms with van der Waals surface area (Å²) in [4.78, 5) is 33.1. The van der Waals surface area contributed by atoms with Crippen molar-refractivity contribution < 1.29 is 9.59 Å². The molecule has 2 heterocycles. The molecule has 2 N–H and O–H groups in total.